The summed E-state index contributed by atoms with van der Waals surface area (Å²) in [6.45, 7) is 6.13. The lowest BCUT2D eigenvalue weighted by Gasteiger charge is -2.30. The second-order valence-corrected chi connectivity index (χ2v) is 13.0. The van der Waals surface area contributed by atoms with Crippen LogP contribution in [0.5, 0.6) is 0 Å². The molecule has 2 aliphatic heterocycles. The molecular weight excluding hydrogens is 538 g/mol. The molecule has 0 atom stereocenters. The standard InChI is InChI=1S/C31H37N5O4S/c1-21-13-17-36(18-14-21)16-6-15-32-30(37)23-10-12-26-28(20-23)33-27-19-22(9-11-25(27)31(38)34-26)24-7-4-5-8-29(24)35(2)41(3,39)40/h4-5,7-12,19-21,33H,6,13-18H2,1-3H3,(H,32,37)(H,34,38). The Kier molecular flexibility index (Phi) is 8.32. The number of likely N-dealkylation sites (tertiary alicyclic amines) is 1. The molecule has 41 heavy (non-hydrogen) atoms. The van der Waals surface area contributed by atoms with Crippen LogP contribution in [-0.2, 0) is 10.0 Å². The molecule has 3 aromatic rings. The maximum Gasteiger partial charge on any atom is 0.257 e. The normalized spacial score (nSPS) is 15.6. The first-order valence-corrected chi connectivity index (χ1v) is 15.9. The Hall–Kier alpha value is -3.89. The van der Waals surface area contributed by atoms with Crippen molar-refractivity contribution in [2.75, 3.05) is 54.4 Å². The second kappa shape index (κ2) is 11.9. The van der Waals surface area contributed by atoms with E-state index < -0.39 is 10.0 Å². The highest BCUT2D eigenvalue weighted by Gasteiger charge is 2.23. The molecule has 5 rings (SSSR count). The van der Waals surface area contributed by atoms with Crippen LogP contribution in [0, 0.1) is 5.92 Å². The van der Waals surface area contributed by atoms with Crippen LogP contribution >= 0.6 is 0 Å². The van der Waals surface area contributed by atoms with Gasteiger partial charge < -0.3 is 20.9 Å². The number of carbonyl (C=O) groups is 2. The van der Waals surface area contributed by atoms with Gasteiger partial charge in [0, 0.05) is 24.7 Å². The fourth-order valence-corrected chi connectivity index (χ4v) is 5.83. The van der Waals surface area contributed by atoms with Gasteiger partial charge in [-0.2, -0.15) is 0 Å². The number of nitrogens with one attached hydrogen (secondary N) is 3. The van der Waals surface area contributed by atoms with E-state index in [1.807, 2.05) is 18.2 Å². The Morgan fingerprint density at radius 3 is 2.49 bits per heavy atom. The first-order valence-electron chi connectivity index (χ1n) is 14.0. The lowest BCUT2D eigenvalue weighted by atomic mass is 9.99. The van der Waals surface area contributed by atoms with Crippen LogP contribution in [0.4, 0.5) is 22.7 Å². The molecule has 10 heteroatoms. The van der Waals surface area contributed by atoms with Gasteiger partial charge in [-0.15, -0.1) is 0 Å². The summed E-state index contributed by atoms with van der Waals surface area (Å²) in [5.74, 6) is 0.362. The van der Waals surface area contributed by atoms with E-state index in [2.05, 4.69) is 27.8 Å². The fraction of sp³-hybridized carbons (Fsp3) is 0.355. The molecule has 216 valence electrons. The third kappa shape index (κ3) is 6.55. The zero-order valence-corrected chi connectivity index (χ0v) is 24.6. The molecule has 0 aromatic heterocycles. The van der Waals surface area contributed by atoms with Crippen LogP contribution in [0.2, 0.25) is 0 Å². The molecule has 1 fully saturated rings. The van der Waals surface area contributed by atoms with Gasteiger partial charge in [-0.25, -0.2) is 8.42 Å². The Morgan fingerprint density at radius 2 is 1.73 bits per heavy atom. The molecule has 3 N–H and O–H groups in total. The molecule has 0 saturated carbocycles. The molecule has 3 aromatic carbocycles. The van der Waals surface area contributed by atoms with Crippen molar-refractivity contribution in [3.63, 3.8) is 0 Å². The lowest BCUT2D eigenvalue weighted by molar-refractivity contribution is 0.0950. The van der Waals surface area contributed by atoms with Crippen molar-refractivity contribution in [1.82, 2.24) is 10.2 Å². The molecule has 2 amide bonds. The number of para-hydroxylation sites is 1. The van der Waals surface area contributed by atoms with E-state index in [1.54, 1.807) is 42.5 Å². The van der Waals surface area contributed by atoms with Crippen molar-refractivity contribution in [2.24, 2.45) is 5.92 Å². The molecule has 9 nitrogen and oxygen atoms in total. The molecule has 2 heterocycles. The van der Waals surface area contributed by atoms with Crippen LogP contribution in [0.25, 0.3) is 11.1 Å². The van der Waals surface area contributed by atoms with Gasteiger partial charge in [-0.3, -0.25) is 13.9 Å². The van der Waals surface area contributed by atoms with Gasteiger partial charge in [0.15, 0.2) is 0 Å². The molecular formula is C31H37N5O4S. The Labute approximate surface area is 242 Å². The van der Waals surface area contributed by atoms with Gasteiger partial charge in [0.1, 0.15) is 0 Å². The van der Waals surface area contributed by atoms with Crippen LogP contribution in [0.15, 0.2) is 60.7 Å². The Balaban J connectivity index is 1.33. The number of nitrogens with zero attached hydrogens (tertiary/aromatic N) is 2. The van der Waals surface area contributed by atoms with Crippen molar-refractivity contribution in [2.45, 2.75) is 26.2 Å². The topological polar surface area (TPSA) is 111 Å². The summed E-state index contributed by atoms with van der Waals surface area (Å²) in [5, 5.41) is 9.27. The summed E-state index contributed by atoms with van der Waals surface area (Å²) in [7, 11) is -1.96. The summed E-state index contributed by atoms with van der Waals surface area (Å²) in [6, 6.07) is 17.7. The van der Waals surface area contributed by atoms with Gasteiger partial charge in [-0.05, 0) is 86.8 Å². The average Bonchev–Trinajstić information content (AvgIpc) is 3.09. The lowest BCUT2D eigenvalue weighted by Crippen LogP contribution is -2.35. The fourth-order valence-electron chi connectivity index (χ4n) is 5.31. The van der Waals surface area contributed by atoms with Crippen LogP contribution < -0.4 is 20.3 Å². The zero-order chi connectivity index (χ0) is 29.1. The van der Waals surface area contributed by atoms with Crippen LogP contribution in [-0.4, -0.2) is 64.6 Å². The number of carbonyl (C=O) groups excluding carboxylic acids is 2. The Morgan fingerprint density at radius 1 is 0.976 bits per heavy atom. The number of hydrogen-bond acceptors (Lipinski definition) is 6. The van der Waals surface area contributed by atoms with E-state index in [0.29, 0.717) is 46.0 Å². The van der Waals surface area contributed by atoms with Gasteiger partial charge in [0.2, 0.25) is 10.0 Å². The summed E-state index contributed by atoms with van der Waals surface area (Å²) < 4.78 is 25.7. The number of benzene rings is 3. The Bertz CT molecular complexity index is 1560. The first-order chi connectivity index (χ1) is 19.6. The number of anilines is 4. The largest absolute Gasteiger partial charge is 0.353 e. The molecule has 0 bridgehead atoms. The molecule has 1 saturated heterocycles. The zero-order valence-electron chi connectivity index (χ0n) is 23.7. The van der Waals surface area contributed by atoms with E-state index in [4.69, 9.17) is 0 Å². The molecule has 2 aliphatic rings. The van der Waals surface area contributed by atoms with Crippen molar-refractivity contribution < 1.29 is 18.0 Å². The van der Waals surface area contributed by atoms with Gasteiger partial charge in [0.25, 0.3) is 11.8 Å². The summed E-state index contributed by atoms with van der Waals surface area (Å²) in [5.41, 5.74) is 4.66. The van der Waals surface area contributed by atoms with E-state index in [1.165, 1.54) is 24.2 Å². The van der Waals surface area contributed by atoms with E-state index in [9.17, 15) is 18.0 Å². The van der Waals surface area contributed by atoms with Crippen molar-refractivity contribution >= 4 is 44.6 Å². The minimum absolute atomic E-state index is 0.163. The van der Waals surface area contributed by atoms with Crippen molar-refractivity contribution in [1.29, 1.82) is 0 Å². The summed E-state index contributed by atoms with van der Waals surface area (Å²) in [6.07, 6.45) is 4.53. The molecule has 0 spiro atoms. The number of rotatable bonds is 8. The highest BCUT2D eigenvalue weighted by atomic mass is 32.2. The molecule has 0 aliphatic carbocycles. The predicted octanol–water partition coefficient (Wildman–Crippen LogP) is 4.91. The van der Waals surface area contributed by atoms with Crippen molar-refractivity contribution in [3.05, 3.63) is 71.8 Å². The van der Waals surface area contributed by atoms with Gasteiger partial charge in [0.05, 0.1) is 34.6 Å². The third-order valence-corrected chi connectivity index (χ3v) is 9.12. The smallest absolute Gasteiger partial charge is 0.257 e. The number of hydrogen-bond donors (Lipinski definition) is 3. The number of fused-ring (bicyclic) bond motifs is 2. The van der Waals surface area contributed by atoms with Gasteiger partial charge in [-0.1, -0.05) is 31.2 Å². The molecule has 0 radical (unpaired) electrons. The maximum atomic E-state index is 13.0. The average molecular weight is 576 g/mol. The van der Waals surface area contributed by atoms with Crippen molar-refractivity contribution in [3.8, 4) is 11.1 Å². The minimum atomic E-state index is -3.47. The second-order valence-electron chi connectivity index (χ2n) is 11.0. The number of sulfonamides is 1. The van der Waals surface area contributed by atoms with E-state index in [0.717, 1.165) is 43.8 Å². The monoisotopic (exact) mass is 575 g/mol. The SMILES string of the molecule is CC1CCN(CCCNC(=O)c2ccc3c(c2)Nc2cc(-c4ccccc4N(C)S(C)(=O)=O)ccc2C(=O)N3)CC1. The number of piperidine rings is 1. The highest BCUT2D eigenvalue weighted by Crippen LogP contribution is 2.38. The van der Waals surface area contributed by atoms with Crippen LogP contribution in [0.1, 0.15) is 46.9 Å². The first kappa shape index (κ1) is 28.6. The van der Waals surface area contributed by atoms with Gasteiger partial charge >= 0.3 is 0 Å². The highest BCUT2D eigenvalue weighted by molar-refractivity contribution is 7.92. The van der Waals surface area contributed by atoms with Crippen LogP contribution in [0.3, 0.4) is 0 Å². The molecule has 0 unspecified atom stereocenters. The van der Waals surface area contributed by atoms with E-state index in [-0.39, 0.29) is 11.8 Å². The maximum absolute atomic E-state index is 13.0. The predicted molar refractivity (Wildman–Crippen MR) is 165 cm³/mol. The number of amides is 2. The minimum Gasteiger partial charge on any atom is -0.353 e. The third-order valence-electron chi connectivity index (χ3n) is 7.93. The summed E-state index contributed by atoms with van der Waals surface area (Å²) >= 11 is 0. The quantitative estimate of drug-likeness (QED) is 0.329. The summed E-state index contributed by atoms with van der Waals surface area (Å²) in [4.78, 5) is 28.5. The van der Waals surface area contributed by atoms with E-state index >= 15 is 0 Å².